The number of likely N-dealkylation sites (tertiary alicyclic amines) is 1. The minimum Gasteiger partial charge on any atom is -0.370 e. The van der Waals surface area contributed by atoms with Crippen molar-refractivity contribution in [2.45, 2.75) is 45.1 Å². The summed E-state index contributed by atoms with van der Waals surface area (Å²) in [5.74, 6) is 0.926. The summed E-state index contributed by atoms with van der Waals surface area (Å²) in [6, 6.07) is 6.95. The van der Waals surface area contributed by atoms with Crippen LogP contribution in [0, 0.1) is 6.92 Å². The number of hydrogen-bond acceptors (Lipinski definition) is 7. The third-order valence-corrected chi connectivity index (χ3v) is 5.99. The molecule has 2 aliphatic heterocycles. The molecule has 1 atom stereocenters. The van der Waals surface area contributed by atoms with Crippen molar-refractivity contribution in [1.82, 2.24) is 25.5 Å². The Hall–Kier alpha value is -3.89. The van der Waals surface area contributed by atoms with Crippen molar-refractivity contribution in [3.05, 3.63) is 36.0 Å². The first kappa shape index (κ1) is 24.2. The average Bonchev–Trinajstić information content (AvgIpc) is 3.53. The first-order valence-corrected chi connectivity index (χ1v) is 12.1. The lowest BCUT2D eigenvalue weighted by atomic mass is 10.2. The molecule has 0 bridgehead atoms. The zero-order valence-electron chi connectivity index (χ0n) is 19.9. The maximum atomic E-state index is 12.4. The molecule has 35 heavy (non-hydrogen) atoms. The number of hydrogen-bond donors (Lipinski definition) is 5. The van der Waals surface area contributed by atoms with Crippen LogP contribution in [0.2, 0.25) is 0 Å². The van der Waals surface area contributed by atoms with Crippen molar-refractivity contribution in [1.29, 1.82) is 0 Å². The van der Waals surface area contributed by atoms with Crippen LogP contribution in [0.25, 0.3) is 0 Å². The van der Waals surface area contributed by atoms with Crippen LogP contribution in [0.1, 0.15) is 37.7 Å². The quantitative estimate of drug-likeness (QED) is 0.347. The number of amides is 4. The molecule has 0 saturated carbocycles. The maximum absolute atomic E-state index is 12.4. The second-order valence-electron chi connectivity index (χ2n) is 8.79. The molecule has 0 aliphatic carbocycles. The van der Waals surface area contributed by atoms with E-state index in [9.17, 15) is 14.4 Å². The fourth-order valence-electron chi connectivity index (χ4n) is 4.05. The Bertz CT molecular complexity index is 1070. The van der Waals surface area contributed by atoms with E-state index in [1.807, 2.05) is 36.1 Å². The lowest BCUT2D eigenvalue weighted by molar-refractivity contribution is -0.125. The second-order valence-corrected chi connectivity index (χ2v) is 8.79. The summed E-state index contributed by atoms with van der Waals surface area (Å²) >= 11 is 0. The van der Waals surface area contributed by atoms with Gasteiger partial charge in [0.05, 0.1) is 0 Å². The molecule has 0 spiro atoms. The SMILES string of the molecule is Cc1cnc(Nc2cccc(NC(=O)N3CCCC3)c2)nc1NCCCNC(=O)[C@H]1CCC(=O)N1. The largest absolute Gasteiger partial charge is 0.370 e. The molecule has 4 rings (SSSR count). The zero-order valence-corrected chi connectivity index (χ0v) is 19.9. The molecular weight excluding hydrogens is 448 g/mol. The Balaban J connectivity index is 1.25. The predicted molar refractivity (Wildman–Crippen MR) is 134 cm³/mol. The van der Waals surface area contributed by atoms with Crippen molar-refractivity contribution in [3.8, 4) is 0 Å². The topological polar surface area (TPSA) is 140 Å². The Labute approximate surface area is 204 Å². The first-order chi connectivity index (χ1) is 17.0. The third kappa shape index (κ3) is 6.81. The van der Waals surface area contributed by atoms with E-state index in [0.717, 1.165) is 37.2 Å². The van der Waals surface area contributed by atoms with E-state index in [1.165, 1.54) is 0 Å². The van der Waals surface area contributed by atoms with Gasteiger partial charge in [0.1, 0.15) is 11.9 Å². The lowest BCUT2D eigenvalue weighted by Crippen LogP contribution is -2.42. The van der Waals surface area contributed by atoms with E-state index in [-0.39, 0.29) is 17.8 Å². The average molecular weight is 481 g/mol. The Morgan fingerprint density at radius 1 is 1.17 bits per heavy atom. The first-order valence-electron chi connectivity index (χ1n) is 12.1. The van der Waals surface area contributed by atoms with Crippen molar-refractivity contribution >= 4 is 41.0 Å². The van der Waals surface area contributed by atoms with E-state index in [4.69, 9.17) is 0 Å². The molecule has 4 amide bonds. The molecular formula is C24H32N8O3. The zero-order chi connectivity index (χ0) is 24.6. The van der Waals surface area contributed by atoms with Crippen LogP contribution in [0.3, 0.4) is 0 Å². The van der Waals surface area contributed by atoms with Crippen LogP contribution in [-0.2, 0) is 9.59 Å². The monoisotopic (exact) mass is 480 g/mol. The van der Waals surface area contributed by atoms with Crippen LogP contribution in [0.5, 0.6) is 0 Å². The van der Waals surface area contributed by atoms with Gasteiger partial charge in [-0.2, -0.15) is 4.98 Å². The highest BCUT2D eigenvalue weighted by Crippen LogP contribution is 2.21. The fraction of sp³-hybridized carbons (Fsp3) is 0.458. The lowest BCUT2D eigenvalue weighted by Gasteiger charge is -2.16. The van der Waals surface area contributed by atoms with Crippen LogP contribution >= 0.6 is 0 Å². The van der Waals surface area contributed by atoms with Gasteiger partial charge in [-0.1, -0.05) is 6.07 Å². The minimum atomic E-state index is -0.416. The number of carbonyl (C=O) groups is 3. The molecule has 5 N–H and O–H groups in total. The molecule has 2 aromatic rings. The summed E-state index contributed by atoms with van der Waals surface area (Å²) in [5, 5.41) is 14.9. The molecule has 3 heterocycles. The third-order valence-electron chi connectivity index (χ3n) is 5.99. The number of nitrogens with zero attached hydrogens (tertiary/aromatic N) is 3. The van der Waals surface area contributed by atoms with Gasteiger partial charge in [0, 0.05) is 55.7 Å². The van der Waals surface area contributed by atoms with Crippen molar-refractivity contribution < 1.29 is 14.4 Å². The summed E-state index contributed by atoms with van der Waals surface area (Å²) in [7, 11) is 0. The summed E-state index contributed by atoms with van der Waals surface area (Å²) in [5.41, 5.74) is 2.37. The van der Waals surface area contributed by atoms with Crippen molar-refractivity contribution in [2.75, 3.05) is 42.1 Å². The van der Waals surface area contributed by atoms with Gasteiger partial charge >= 0.3 is 6.03 Å². The standard InChI is InChI=1S/C24H32N8O3/c1-16-15-27-23(28-17-6-4-7-18(14-17)29-24(35)32-12-2-3-13-32)31-21(16)25-10-5-11-26-22(34)19-8-9-20(33)30-19/h4,6-7,14-15,19H,2-3,5,8-13H2,1H3,(H,26,34)(H,29,35)(H,30,33)(H2,25,27,28,31)/t19-/m1/s1. The number of rotatable bonds is 9. The summed E-state index contributed by atoms with van der Waals surface area (Å²) in [4.78, 5) is 46.4. The molecule has 2 fully saturated rings. The Morgan fingerprint density at radius 2 is 1.97 bits per heavy atom. The molecule has 1 aromatic heterocycles. The number of aryl methyl sites for hydroxylation is 1. The molecule has 186 valence electrons. The molecule has 2 saturated heterocycles. The second kappa shape index (κ2) is 11.5. The van der Waals surface area contributed by atoms with E-state index in [1.54, 1.807) is 6.20 Å². The number of urea groups is 1. The van der Waals surface area contributed by atoms with E-state index >= 15 is 0 Å². The normalized spacial score (nSPS) is 17.1. The van der Waals surface area contributed by atoms with Crippen LogP contribution in [-0.4, -0.2) is 64.9 Å². The summed E-state index contributed by atoms with van der Waals surface area (Å²) in [6.45, 7) is 4.63. The Kier molecular flexibility index (Phi) is 7.96. The van der Waals surface area contributed by atoms with Gasteiger partial charge in [-0.25, -0.2) is 9.78 Å². The van der Waals surface area contributed by atoms with Gasteiger partial charge in [0.25, 0.3) is 0 Å². The number of anilines is 4. The van der Waals surface area contributed by atoms with Gasteiger partial charge < -0.3 is 31.5 Å². The fourth-order valence-corrected chi connectivity index (χ4v) is 4.05. The molecule has 0 radical (unpaired) electrons. The van der Waals surface area contributed by atoms with Crippen LogP contribution in [0.4, 0.5) is 27.9 Å². The number of nitrogens with one attached hydrogen (secondary N) is 5. The van der Waals surface area contributed by atoms with Gasteiger partial charge in [0.2, 0.25) is 17.8 Å². The maximum Gasteiger partial charge on any atom is 0.321 e. The molecule has 11 heteroatoms. The van der Waals surface area contributed by atoms with Gasteiger partial charge in [-0.15, -0.1) is 0 Å². The van der Waals surface area contributed by atoms with Gasteiger partial charge in [-0.3, -0.25) is 9.59 Å². The summed E-state index contributed by atoms with van der Waals surface area (Å²) < 4.78 is 0. The molecule has 11 nitrogen and oxygen atoms in total. The predicted octanol–water partition coefficient (Wildman–Crippen LogP) is 2.35. The van der Waals surface area contributed by atoms with Crippen molar-refractivity contribution in [2.24, 2.45) is 0 Å². The highest BCUT2D eigenvalue weighted by Gasteiger charge is 2.26. The summed E-state index contributed by atoms with van der Waals surface area (Å²) in [6.07, 6.45) is 5.49. The van der Waals surface area contributed by atoms with E-state index in [2.05, 4.69) is 36.6 Å². The number of benzene rings is 1. The van der Waals surface area contributed by atoms with Gasteiger partial charge in [0.15, 0.2) is 0 Å². The van der Waals surface area contributed by atoms with Crippen molar-refractivity contribution in [3.63, 3.8) is 0 Å². The van der Waals surface area contributed by atoms with Gasteiger partial charge in [-0.05, 0) is 50.8 Å². The Morgan fingerprint density at radius 3 is 2.74 bits per heavy atom. The van der Waals surface area contributed by atoms with E-state index < -0.39 is 6.04 Å². The highest BCUT2D eigenvalue weighted by molar-refractivity contribution is 5.91. The van der Waals surface area contributed by atoms with Crippen LogP contribution < -0.4 is 26.6 Å². The minimum absolute atomic E-state index is 0.0750. The molecule has 0 unspecified atom stereocenters. The van der Waals surface area contributed by atoms with E-state index in [0.29, 0.717) is 49.8 Å². The number of carbonyl (C=O) groups excluding carboxylic acids is 3. The smallest absolute Gasteiger partial charge is 0.321 e. The van der Waals surface area contributed by atoms with Crippen LogP contribution in [0.15, 0.2) is 30.5 Å². The number of aromatic nitrogens is 2. The molecule has 2 aliphatic rings. The molecule has 1 aromatic carbocycles. The highest BCUT2D eigenvalue weighted by atomic mass is 16.2.